The Morgan fingerprint density at radius 3 is 2.12 bits per heavy atom. The van der Waals surface area contributed by atoms with Crippen molar-refractivity contribution in [1.29, 1.82) is 0 Å². The second-order valence-corrected chi connectivity index (χ2v) is 8.03. The van der Waals surface area contributed by atoms with Crippen molar-refractivity contribution >= 4 is 0 Å². The number of likely N-dealkylation sites (tertiary alicyclic amines) is 1. The molecule has 1 saturated heterocycles. The van der Waals surface area contributed by atoms with E-state index in [1.54, 1.807) is 0 Å². The first-order valence-electron chi connectivity index (χ1n) is 6.88. The topological polar surface area (TPSA) is 3.24 Å². The minimum Gasteiger partial charge on any atom is -0.303 e. The molecule has 0 unspecified atom stereocenters. The van der Waals surface area contributed by atoms with E-state index in [-0.39, 0.29) is 0 Å². The molecule has 0 aromatic rings. The van der Waals surface area contributed by atoms with Crippen LogP contribution < -0.4 is 0 Å². The fourth-order valence-electron chi connectivity index (χ4n) is 2.64. The fraction of sp³-hybridized carbons (Fsp3) is 1.00. The van der Waals surface area contributed by atoms with Gasteiger partial charge in [0.05, 0.1) is 0 Å². The number of nitrogens with zero attached hydrogens (tertiary/aromatic N) is 1. The zero-order valence-electron chi connectivity index (χ0n) is 12.3. The van der Waals surface area contributed by atoms with Gasteiger partial charge in [0.25, 0.3) is 0 Å². The second kappa shape index (κ2) is 5.08. The Morgan fingerprint density at radius 2 is 1.62 bits per heavy atom. The molecule has 0 aromatic carbocycles. The number of hydrogen-bond donors (Lipinski definition) is 0. The van der Waals surface area contributed by atoms with E-state index in [1.807, 2.05) is 0 Å². The summed E-state index contributed by atoms with van der Waals surface area (Å²) in [6, 6.07) is 0. The molecule has 16 heavy (non-hydrogen) atoms. The van der Waals surface area contributed by atoms with Crippen molar-refractivity contribution in [2.24, 2.45) is 16.7 Å². The molecule has 0 bridgehead atoms. The summed E-state index contributed by atoms with van der Waals surface area (Å²) < 4.78 is 0. The zero-order chi connectivity index (χ0) is 12.4. The van der Waals surface area contributed by atoms with Crippen molar-refractivity contribution in [3.8, 4) is 0 Å². The lowest BCUT2D eigenvalue weighted by Crippen LogP contribution is -2.26. The Kier molecular flexibility index (Phi) is 4.45. The molecule has 1 fully saturated rings. The smallest absolute Gasteiger partial charge is 0.00103 e. The fourth-order valence-corrected chi connectivity index (χ4v) is 2.64. The Morgan fingerprint density at radius 1 is 1.00 bits per heavy atom. The lowest BCUT2D eigenvalue weighted by Gasteiger charge is -2.25. The van der Waals surface area contributed by atoms with Gasteiger partial charge in [-0.2, -0.15) is 0 Å². The summed E-state index contributed by atoms with van der Waals surface area (Å²) in [5.74, 6) is 0.944. The van der Waals surface area contributed by atoms with E-state index in [1.165, 1.54) is 38.9 Å². The third-order valence-electron chi connectivity index (χ3n) is 3.45. The molecular formula is C15H31N. The van der Waals surface area contributed by atoms with E-state index in [4.69, 9.17) is 0 Å². The Hall–Kier alpha value is -0.0400. The Bertz CT molecular complexity index is 206. The summed E-state index contributed by atoms with van der Waals surface area (Å²) in [6.07, 6.45) is 4.13. The van der Waals surface area contributed by atoms with Gasteiger partial charge in [0.15, 0.2) is 0 Å². The summed E-state index contributed by atoms with van der Waals surface area (Å²) in [5.41, 5.74) is 0.993. The lowest BCUT2D eigenvalue weighted by atomic mass is 9.84. The van der Waals surface area contributed by atoms with Crippen LogP contribution in [0.5, 0.6) is 0 Å². The third-order valence-corrected chi connectivity index (χ3v) is 3.45. The van der Waals surface area contributed by atoms with E-state index in [0.717, 1.165) is 5.92 Å². The summed E-state index contributed by atoms with van der Waals surface area (Å²) in [5, 5.41) is 0. The molecule has 96 valence electrons. The Balaban J connectivity index is 2.25. The van der Waals surface area contributed by atoms with Gasteiger partial charge in [0.1, 0.15) is 0 Å². The van der Waals surface area contributed by atoms with Crippen LogP contribution in [0.1, 0.15) is 60.8 Å². The predicted octanol–water partition coefficient (Wildman–Crippen LogP) is 4.18. The largest absolute Gasteiger partial charge is 0.303 e. The summed E-state index contributed by atoms with van der Waals surface area (Å²) in [6.45, 7) is 18.1. The van der Waals surface area contributed by atoms with E-state index in [9.17, 15) is 0 Å². The quantitative estimate of drug-likeness (QED) is 0.696. The van der Waals surface area contributed by atoms with Crippen molar-refractivity contribution in [3.63, 3.8) is 0 Å². The van der Waals surface area contributed by atoms with Crippen molar-refractivity contribution < 1.29 is 0 Å². The minimum atomic E-state index is 0.488. The SMILES string of the molecule is CC(C)(C)CCN1CC[C@H](CC(C)(C)C)C1. The molecule has 0 N–H and O–H groups in total. The molecule has 1 heterocycles. The molecule has 1 heteroatoms. The van der Waals surface area contributed by atoms with Gasteiger partial charge in [0, 0.05) is 6.54 Å². The van der Waals surface area contributed by atoms with Crippen LogP contribution in [0.15, 0.2) is 0 Å². The maximum Gasteiger partial charge on any atom is 0.00103 e. The van der Waals surface area contributed by atoms with E-state index in [2.05, 4.69) is 46.4 Å². The molecule has 1 nitrogen and oxygen atoms in total. The molecule has 0 aromatic heterocycles. The second-order valence-electron chi connectivity index (χ2n) is 8.03. The monoisotopic (exact) mass is 225 g/mol. The van der Waals surface area contributed by atoms with Crippen LogP contribution in [0.4, 0.5) is 0 Å². The molecule has 0 aliphatic carbocycles. The Labute approximate surface area is 103 Å². The van der Waals surface area contributed by atoms with Gasteiger partial charge in [-0.1, -0.05) is 41.5 Å². The molecule has 1 atom stereocenters. The van der Waals surface area contributed by atoms with Crippen LogP contribution in [0.25, 0.3) is 0 Å². The van der Waals surface area contributed by atoms with Crippen molar-refractivity contribution in [3.05, 3.63) is 0 Å². The van der Waals surface area contributed by atoms with Crippen LogP contribution >= 0.6 is 0 Å². The van der Waals surface area contributed by atoms with Crippen LogP contribution in [0, 0.1) is 16.7 Å². The molecular weight excluding hydrogens is 194 g/mol. The van der Waals surface area contributed by atoms with Crippen LogP contribution in [0.2, 0.25) is 0 Å². The first kappa shape index (κ1) is 14.0. The summed E-state index contributed by atoms with van der Waals surface area (Å²) in [4.78, 5) is 2.67. The maximum absolute atomic E-state index is 2.67. The highest BCUT2D eigenvalue weighted by Crippen LogP contribution is 2.31. The summed E-state index contributed by atoms with van der Waals surface area (Å²) in [7, 11) is 0. The van der Waals surface area contributed by atoms with Gasteiger partial charge in [-0.3, -0.25) is 0 Å². The normalized spacial score (nSPS) is 24.0. The van der Waals surface area contributed by atoms with E-state index in [0.29, 0.717) is 10.8 Å². The zero-order valence-corrected chi connectivity index (χ0v) is 12.3. The first-order valence-corrected chi connectivity index (χ1v) is 6.88. The van der Waals surface area contributed by atoms with Crippen molar-refractivity contribution in [2.45, 2.75) is 60.8 Å². The lowest BCUT2D eigenvalue weighted by molar-refractivity contribution is 0.242. The van der Waals surface area contributed by atoms with Crippen LogP contribution in [0.3, 0.4) is 0 Å². The molecule has 0 radical (unpaired) electrons. The predicted molar refractivity (Wildman–Crippen MR) is 72.7 cm³/mol. The van der Waals surface area contributed by atoms with Gasteiger partial charge < -0.3 is 4.90 Å². The molecule has 1 aliphatic heterocycles. The number of rotatable bonds is 3. The standard InChI is InChI=1S/C15H31N/c1-14(2,3)8-10-16-9-7-13(12-16)11-15(4,5)6/h13H,7-12H2,1-6H3/t13-/m1/s1. The van der Waals surface area contributed by atoms with Gasteiger partial charge >= 0.3 is 0 Å². The van der Waals surface area contributed by atoms with Gasteiger partial charge in [-0.15, -0.1) is 0 Å². The molecule has 0 saturated carbocycles. The number of hydrogen-bond acceptors (Lipinski definition) is 1. The van der Waals surface area contributed by atoms with Crippen LogP contribution in [-0.2, 0) is 0 Å². The van der Waals surface area contributed by atoms with Crippen LogP contribution in [-0.4, -0.2) is 24.5 Å². The van der Waals surface area contributed by atoms with Crippen molar-refractivity contribution in [1.82, 2.24) is 4.90 Å². The van der Waals surface area contributed by atoms with Gasteiger partial charge in [-0.25, -0.2) is 0 Å². The molecule has 0 spiro atoms. The third kappa shape index (κ3) is 5.89. The minimum absolute atomic E-state index is 0.488. The average molecular weight is 225 g/mol. The highest BCUT2D eigenvalue weighted by atomic mass is 15.1. The highest BCUT2D eigenvalue weighted by Gasteiger charge is 2.26. The maximum atomic E-state index is 2.67. The molecule has 0 amide bonds. The summed E-state index contributed by atoms with van der Waals surface area (Å²) >= 11 is 0. The molecule has 1 rings (SSSR count). The van der Waals surface area contributed by atoms with Gasteiger partial charge in [0.2, 0.25) is 0 Å². The highest BCUT2D eigenvalue weighted by molar-refractivity contribution is 4.80. The van der Waals surface area contributed by atoms with E-state index < -0.39 is 0 Å². The van der Waals surface area contributed by atoms with Crippen molar-refractivity contribution in [2.75, 3.05) is 19.6 Å². The van der Waals surface area contributed by atoms with E-state index >= 15 is 0 Å². The van der Waals surface area contributed by atoms with Gasteiger partial charge in [-0.05, 0) is 49.1 Å². The average Bonchev–Trinajstić information content (AvgIpc) is 2.44. The molecule has 1 aliphatic rings. The first-order chi connectivity index (χ1) is 7.16.